The second-order valence-electron chi connectivity index (χ2n) is 5.69. The van der Waals surface area contributed by atoms with Crippen LogP contribution in [0.1, 0.15) is 13.3 Å². The molecule has 1 aromatic carbocycles. The van der Waals surface area contributed by atoms with Gasteiger partial charge < -0.3 is 19.7 Å². The zero-order valence-corrected chi connectivity index (χ0v) is 12.9. The average molecular weight is 318 g/mol. The molecule has 0 radical (unpaired) electrons. The minimum absolute atomic E-state index is 0.263. The second-order valence-corrected chi connectivity index (χ2v) is 5.69. The molecule has 124 valence electrons. The number of halogens is 3. The average Bonchev–Trinajstić information content (AvgIpc) is 2.41. The van der Waals surface area contributed by atoms with Crippen molar-refractivity contribution in [3.8, 4) is 11.5 Å². The van der Waals surface area contributed by atoms with E-state index in [2.05, 4.69) is 28.9 Å². The number of hydrogen-bond acceptors (Lipinski definition) is 4. The van der Waals surface area contributed by atoms with Crippen molar-refractivity contribution in [3.05, 3.63) is 18.2 Å². The van der Waals surface area contributed by atoms with Crippen LogP contribution in [0.4, 0.5) is 18.9 Å². The molecule has 1 aromatic rings. The van der Waals surface area contributed by atoms with Crippen molar-refractivity contribution >= 4 is 5.69 Å². The molecule has 4 nitrogen and oxygen atoms in total. The lowest BCUT2D eigenvalue weighted by Crippen LogP contribution is -2.43. The van der Waals surface area contributed by atoms with E-state index in [1.54, 1.807) is 6.07 Å². The summed E-state index contributed by atoms with van der Waals surface area (Å²) in [7, 11) is 3.51. The monoisotopic (exact) mass is 318 g/mol. The van der Waals surface area contributed by atoms with Gasteiger partial charge in [0, 0.05) is 18.7 Å². The van der Waals surface area contributed by atoms with Crippen molar-refractivity contribution in [1.29, 1.82) is 0 Å². The summed E-state index contributed by atoms with van der Waals surface area (Å²) in [6, 6.07) is 4.36. The van der Waals surface area contributed by atoms with Crippen LogP contribution in [0.3, 0.4) is 0 Å². The number of ether oxygens (including phenoxy) is 2. The van der Waals surface area contributed by atoms with Crippen LogP contribution in [0, 0.1) is 5.92 Å². The van der Waals surface area contributed by atoms with Crippen LogP contribution >= 0.6 is 0 Å². The maximum Gasteiger partial charge on any atom is 0.573 e. The number of likely N-dealkylation sites (tertiary alicyclic amines) is 1. The van der Waals surface area contributed by atoms with E-state index in [-0.39, 0.29) is 11.8 Å². The topological polar surface area (TPSA) is 33.7 Å². The van der Waals surface area contributed by atoms with Crippen molar-refractivity contribution in [2.45, 2.75) is 25.7 Å². The van der Waals surface area contributed by atoms with E-state index in [4.69, 9.17) is 4.74 Å². The molecule has 1 aliphatic rings. The molecular weight excluding hydrogens is 297 g/mol. The normalized spacial score (nSPS) is 23.2. The Balaban J connectivity index is 2.10. The molecular formula is C15H21F3N2O2. The number of rotatable bonds is 4. The molecule has 1 heterocycles. The Labute approximate surface area is 128 Å². The number of nitrogens with zero attached hydrogens (tertiary/aromatic N) is 1. The van der Waals surface area contributed by atoms with Crippen LogP contribution in [-0.2, 0) is 0 Å². The zero-order valence-electron chi connectivity index (χ0n) is 12.9. The van der Waals surface area contributed by atoms with Crippen molar-refractivity contribution in [2.75, 3.05) is 32.6 Å². The molecule has 0 unspecified atom stereocenters. The first-order chi connectivity index (χ1) is 10.3. The predicted octanol–water partition coefficient (Wildman–Crippen LogP) is 3.35. The van der Waals surface area contributed by atoms with E-state index in [0.29, 0.717) is 17.4 Å². The van der Waals surface area contributed by atoms with Gasteiger partial charge in [-0.3, -0.25) is 0 Å². The Morgan fingerprint density at radius 2 is 2.05 bits per heavy atom. The molecule has 2 rings (SSSR count). The lowest BCUT2D eigenvalue weighted by Gasteiger charge is -2.36. The molecule has 0 bridgehead atoms. The van der Waals surface area contributed by atoms with Crippen molar-refractivity contribution in [2.24, 2.45) is 5.92 Å². The van der Waals surface area contributed by atoms with Crippen molar-refractivity contribution < 1.29 is 22.6 Å². The standard InChI is InChI=1S/C15H21F3N2O2/c1-10-9-20(2)7-6-12(10)19-13-5-4-11(8-14(13)21-3)22-15(16,17)18/h4-5,8,10,12,19H,6-7,9H2,1-3H3/t10-,12+/m0/s1. The van der Waals surface area contributed by atoms with Crippen molar-refractivity contribution in [3.63, 3.8) is 0 Å². The summed E-state index contributed by atoms with van der Waals surface area (Å²) in [5.74, 6) is 0.494. The summed E-state index contributed by atoms with van der Waals surface area (Å²) in [6.45, 7) is 4.12. The van der Waals surface area contributed by atoms with Crippen LogP contribution in [0.25, 0.3) is 0 Å². The highest BCUT2D eigenvalue weighted by Crippen LogP contribution is 2.33. The first-order valence-corrected chi connectivity index (χ1v) is 7.17. The van der Waals surface area contributed by atoms with Crippen LogP contribution in [-0.4, -0.2) is 44.6 Å². The molecule has 22 heavy (non-hydrogen) atoms. The molecule has 7 heteroatoms. The number of methoxy groups -OCH3 is 1. The first kappa shape index (κ1) is 16.7. The first-order valence-electron chi connectivity index (χ1n) is 7.17. The maximum absolute atomic E-state index is 12.3. The molecule has 1 fully saturated rings. The smallest absolute Gasteiger partial charge is 0.494 e. The Hall–Kier alpha value is -1.63. The molecule has 1 aliphatic heterocycles. The fourth-order valence-electron chi connectivity index (χ4n) is 2.76. The quantitative estimate of drug-likeness (QED) is 0.923. The van der Waals surface area contributed by atoms with Gasteiger partial charge in [-0.15, -0.1) is 13.2 Å². The molecule has 0 aliphatic carbocycles. The molecule has 0 saturated carbocycles. The Kier molecular flexibility index (Phi) is 5.05. The number of benzene rings is 1. The number of alkyl halides is 3. The van der Waals surface area contributed by atoms with Crippen LogP contribution in [0.2, 0.25) is 0 Å². The number of nitrogens with one attached hydrogen (secondary N) is 1. The highest BCUT2D eigenvalue weighted by atomic mass is 19.4. The molecule has 0 aromatic heterocycles. The van der Waals surface area contributed by atoms with Gasteiger partial charge in [-0.1, -0.05) is 6.92 Å². The third-order valence-electron chi connectivity index (χ3n) is 3.86. The van der Waals surface area contributed by atoms with Crippen LogP contribution in [0.15, 0.2) is 18.2 Å². The van der Waals surface area contributed by atoms with Gasteiger partial charge in [0.05, 0.1) is 12.8 Å². The highest BCUT2D eigenvalue weighted by molar-refractivity contribution is 5.59. The van der Waals surface area contributed by atoms with Gasteiger partial charge in [0.2, 0.25) is 0 Å². The minimum Gasteiger partial charge on any atom is -0.494 e. The fourth-order valence-corrected chi connectivity index (χ4v) is 2.76. The Morgan fingerprint density at radius 1 is 1.32 bits per heavy atom. The fraction of sp³-hybridized carbons (Fsp3) is 0.600. The van der Waals surface area contributed by atoms with Crippen molar-refractivity contribution in [1.82, 2.24) is 4.90 Å². The zero-order chi connectivity index (χ0) is 16.3. The summed E-state index contributed by atoms with van der Waals surface area (Å²) in [5.41, 5.74) is 0.679. The van der Waals surface area contributed by atoms with Gasteiger partial charge >= 0.3 is 6.36 Å². The van der Waals surface area contributed by atoms with E-state index >= 15 is 0 Å². The van der Waals surface area contributed by atoms with E-state index in [0.717, 1.165) is 19.5 Å². The number of piperidine rings is 1. The summed E-state index contributed by atoms with van der Waals surface area (Å²) >= 11 is 0. The van der Waals surface area contributed by atoms with E-state index in [1.165, 1.54) is 19.2 Å². The van der Waals surface area contributed by atoms with Gasteiger partial charge in [0.25, 0.3) is 0 Å². The summed E-state index contributed by atoms with van der Waals surface area (Å²) in [5, 5.41) is 3.37. The number of anilines is 1. The summed E-state index contributed by atoms with van der Waals surface area (Å²) in [6.07, 6.45) is -3.73. The Bertz CT molecular complexity index is 508. The van der Waals surface area contributed by atoms with E-state index in [1.807, 2.05) is 0 Å². The van der Waals surface area contributed by atoms with Gasteiger partial charge in [-0.2, -0.15) is 0 Å². The van der Waals surface area contributed by atoms with Gasteiger partial charge in [-0.25, -0.2) is 0 Å². The van der Waals surface area contributed by atoms with Gasteiger partial charge in [0.15, 0.2) is 0 Å². The molecule has 1 N–H and O–H groups in total. The van der Waals surface area contributed by atoms with E-state index in [9.17, 15) is 13.2 Å². The van der Waals surface area contributed by atoms with Gasteiger partial charge in [0.1, 0.15) is 11.5 Å². The second kappa shape index (κ2) is 6.64. The third kappa shape index (κ3) is 4.43. The number of hydrogen-bond donors (Lipinski definition) is 1. The summed E-state index contributed by atoms with van der Waals surface area (Å²) < 4.78 is 45.9. The lowest BCUT2D eigenvalue weighted by atomic mass is 9.94. The van der Waals surface area contributed by atoms with Crippen LogP contribution < -0.4 is 14.8 Å². The molecule has 0 amide bonds. The molecule has 0 spiro atoms. The largest absolute Gasteiger partial charge is 0.573 e. The maximum atomic E-state index is 12.3. The lowest BCUT2D eigenvalue weighted by molar-refractivity contribution is -0.274. The van der Waals surface area contributed by atoms with Crippen LogP contribution in [0.5, 0.6) is 11.5 Å². The predicted molar refractivity (Wildman–Crippen MR) is 78.4 cm³/mol. The summed E-state index contributed by atoms with van der Waals surface area (Å²) in [4.78, 5) is 2.26. The van der Waals surface area contributed by atoms with Gasteiger partial charge in [-0.05, 0) is 38.1 Å². The molecule has 1 saturated heterocycles. The SMILES string of the molecule is COc1cc(OC(F)(F)F)ccc1N[C@@H]1CCN(C)C[C@@H]1C. The van der Waals surface area contributed by atoms with E-state index < -0.39 is 6.36 Å². The minimum atomic E-state index is -4.71. The highest BCUT2D eigenvalue weighted by Gasteiger charge is 2.31. The Morgan fingerprint density at radius 3 is 2.64 bits per heavy atom. The third-order valence-corrected chi connectivity index (χ3v) is 3.86. The molecule has 2 atom stereocenters.